The molecule has 1 fully saturated rings. The Kier molecular flexibility index (Phi) is 3.88. The highest BCUT2D eigenvalue weighted by molar-refractivity contribution is 4.76. The first-order valence-electron chi connectivity index (χ1n) is 4.39. The molecule has 0 aromatic rings. The molecule has 12 heavy (non-hydrogen) atoms. The van der Waals surface area contributed by atoms with Crippen LogP contribution in [-0.2, 0) is 0 Å². The number of hydrogen-bond acceptors (Lipinski definition) is 2. The lowest BCUT2D eigenvalue weighted by Crippen LogP contribution is -2.45. The first-order valence-corrected chi connectivity index (χ1v) is 4.39. The average molecular weight is 178 g/mol. The first-order chi connectivity index (χ1) is 5.70. The number of likely N-dealkylation sites (N-methyl/N-ethyl adjacent to an activating group) is 1. The number of alkyl halides is 2. The second kappa shape index (κ2) is 4.72. The van der Waals surface area contributed by atoms with Crippen LogP contribution in [0.15, 0.2) is 0 Å². The zero-order valence-electron chi connectivity index (χ0n) is 7.39. The molecular formula is C8H16F2N2. The minimum absolute atomic E-state index is 0.105. The fourth-order valence-electron chi connectivity index (χ4n) is 1.58. The van der Waals surface area contributed by atoms with Crippen molar-refractivity contribution in [2.75, 3.05) is 26.7 Å². The van der Waals surface area contributed by atoms with E-state index in [-0.39, 0.29) is 6.54 Å². The van der Waals surface area contributed by atoms with Crippen LogP contribution >= 0.6 is 0 Å². The van der Waals surface area contributed by atoms with Gasteiger partial charge in [0.1, 0.15) is 0 Å². The third kappa shape index (κ3) is 3.03. The molecule has 0 bridgehead atoms. The number of halogens is 2. The Morgan fingerprint density at radius 2 is 2.33 bits per heavy atom. The van der Waals surface area contributed by atoms with Gasteiger partial charge in [0.15, 0.2) is 0 Å². The minimum Gasteiger partial charge on any atom is -0.315 e. The molecule has 0 aromatic carbocycles. The smallest absolute Gasteiger partial charge is 0.251 e. The maximum atomic E-state index is 12.0. The standard InChI is InChI=1S/C8H16F2N2/c1-12(6-8(9)10)7-3-2-4-11-5-7/h7-8,11H,2-6H2,1H3/t7-/m1/s1. The Morgan fingerprint density at radius 1 is 1.58 bits per heavy atom. The summed E-state index contributed by atoms with van der Waals surface area (Å²) in [4.78, 5) is 1.75. The van der Waals surface area contributed by atoms with Crippen LogP contribution in [0.3, 0.4) is 0 Å². The SMILES string of the molecule is CN(CC(F)F)[C@@H]1CCCNC1. The molecule has 1 N–H and O–H groups in total. The Labute approximate surface area is 71.9 Å². The molecule has 72 valence electrons. The lowest BCUT2D eigenvalue weighted by Gasteiger charge is -2.31. The van der Waals surface area contributed by atoms with Crippen LogP contribution in [-0.4, -0.2) is 44.0 Å². The van der Waals surface area contributed by atoms with E-state index in [9.17, 15) is 8.78 Å². The van der Waals surface area contributed by atoms with Gasteiger partial charge in [-0.3, -0.25) is 4.90 Å². The van der Waals surface area contributed by atoms with E-state index in [1.807, 2.05) is 0 Å². The van der Waals surface area contributed by atoms with Gasteiger partial charge in [0, 0.05) is 12.6 Å². The van der Waals surface area contributed by atoms with Crippen molar-refractivity contribution >= 4 is 0 Å². The summed E-state index contributed by atoms with van der Waals surface area (Å²) in [6.07, 6.45) is -0.0778. The fraction of sp³-hybridized carbons (Fsp3) is 1.00. The monoisotopic (exact) mass is 178 g/mol. The Balaban J connectivity index is 2.24. The van der Waals surface area contributed by atoms with Gasteiger partial charge in [-0.15, -0.1) is 0 Å². The molecule has 0 unspecified atom stereocenters. The molecule has 1 rings (SSSR count). The largest absolute Gasteiger partial charge is 0.315 e. The molecule has 0 aliphatic carbocycles. The number of piperidine rings is 1. The van der Waals surface area contributed by atoms with Gasteiger partial charge in [-0.05, 0) is 26.4 Å². The van der Waals surface area contributed by atoms with Crippen LogP contribution in [0.2, 0.25) is 0 Å². The zero-order valence-corrected chi connectivity index (χ0v) is 7.39. The molecule has 0 radical (unpaired) electrons. The molecule has 4 heteroatoms. The number of rotatable bonds is 3. The van der Waals surface area contributed by atoms with Crippen molar-refractivity contribution in [3.05, 3.63) is 0 Å². The van der Waals surface area contributed by atoms with Crippen LogP contribution < -0.4 is 5.32 Å². The van der Waals surface area contributed by atoms with Crippen LogP contribution in [0.4, 0.5) is 8.78 Å². The van der Waals surface area contributed by atoms with Crippen molar-refractivity contribution in [1.82, 2.24) is 10.2 Å². The highest BCUT2D eigenvalue weighted by Gasteiger charge is 2.19. The third-order valence-corrected chi connectivity index (χ3v) is 2.32. The second-order valence-corrected chi connectivity index (χ2v) is 3.33. The summed E-state index contributed by atoms with van der Waals surface area (Å²) in [6, 6.07) is 0.299. The van der Waals surface area contributed by atoms with Crippen molar-refractivity contribution in [1.29, 1.82) is 0 Å². The van der Waals surface area contributed by atoms with Crippen molar-refractivity contribution in [2.45, 2.75) is 25.3 Å². The topological polar surface area (TPSA) is 15.3 Å². The maximum Gasteiger partial charge on any atom is 0.251 e. The van der Waals surface area contributed by atoms with Gasteiger partial charge in [-0.1, -0.05) is 0 Å². The van der Waals surface area contributed by atoms with Gasteiger partial charge in [-0.2, -0.15) is 0 Å². The Bertz CT molecular complexity index is 124. The Hall–Kier alpha value is -0.220. The highest BCUT2D eigenvalue weighted by atomic mass is 19.3. The summed E-state index contributed by atoms with van der Waals surface area (Å²) in [5, 5.41) is 3.20. The molecule has 0 aromatic heterocycles. The van der Waals surface area contributed by atoms with E-state index in [1.54, 1.807) is 11.9 Å². The molecule has 1 heterocycles. The fourth-order valence-corrected chi connectivity index (χ4v) is 1.58. The van der Waals surface area contributed by atoms with Gasteiger partial charge in [0.2, 0.25) is 0 Å². The summed E-state index contributed by atoms with van der Waals surface area (Å²) < 4.78 is 24.0. The van der Waals surface area contributed by atoms with Gasteiger partial charge >= 0.3 is 0 Å². The predicted octanol–water partition coefficient (Wildman–Crippen LogP) is 0.935. The Morgan fingerprint density at radius 3 is 2.83 bits per heavy atom. The van der Waals surface area contributed by atoms with Gasteiger partial charge < -0.3 is 5.32 Å². The van der Waals surface area contributed by atoms with Crippen LogP contribution in [0.5, 0.6) is 0 Å². The molecule has 1 atom stereocenters. The molecule has 1 saturated heterocycles. The van der Waals surface area contributed by atoms with E-state index in [2.05, 4.69) is 5.32 Å². The number of hydrogen-bond donors (Lipinski definition) is 1. The van der Waals surface area contributed by atoms with Crippen LogP contribution in [0.1, 0.15) is 12.8 Å². The van der Waals surface area contributed by atoms with Gasteiger partial charge in [0.25, 0.3) is 6.43 Å². The number of nitrogens with zero attached hydrogens (tertiary/aromatic N) is 1. The minimum atomic E-state index is -2.21. The lowest BCUT2D eigenvalue weighted by molar-refractivity contribution is 0.0741. The van der Waals surface area contributed by atoms with Crippen LogP contribution in [0, 0.1) is 0 Å². The van der Waals surface area contributed by atoms with E-state index in [4.69, 9.17) is 0 Å². The summed E-state index contributed by atoms with van der Waals surface area (Å²) in [5.74, 6) is 0. The lowest BCUT2D eigenvalue weighted by atomic mass is 10.1. The summed E-state index contributed by atoms with van der Waals surface area (Å²) in [6.45, 7) is 1.77. The summed E-state index contributed by atoms with van der Waals surface area (Å²) >= 11 is 0. The van der Waals surface area contributed by atoms with Crippen molar-refractivity contribution in [2.24, 2.45) is 0 Å². The van der Waals surface area contributed by atoms with Gasteiger partial charge in [-0.25, -0.2) is 8.78 Å². The first kappa shape index (κ1) is 9.86. The number of nitrogens with one attached hydrogen (secondary N) is 1. The summed E-state index contributed by atoms with van der Waals surface area (Å²) in [5.41, 5.74) is 0. The van der Waals surface area contributed by atoms with Gasteiger partial charge in [0.05, 0.1) is 6.54 Å². The second-order valence-electron chi connectivity index (χ2n) is 3.33. The molecule has 0 amide bonds. The third-order valence-electron chi connectivity index (χ3n) is 2.32. The highest BCUT2D eigenvalue weighted by Crippen LogP contribution is 2.09. The summed E-state index contributed by atoms with van der Waals surface area (Å²) in [7, 11) is 1.77. The zero-order chi connectivity index (χ0) is 8.97. The molecule has 0 spiro atoms. The molecule has 0 saturated carbocycles. The van der Waals surface area contributed by atoms with E-state index in [0.29, 0.717) is 6.04 Å². The average Bonchev–Trinajstić information content (AvgIpc) is 2.05. The van der Waals surface area contributed by atoms with E-state index >= 15 is 0 Å². The van der Waals surface area contributed by atoms with E-state index in [1.165, 1.54) is 0 Å². The predicted molar refractivity (Wildman–Crippen MR) is 44.5 cm³/mol. The normalized spacial score (nSPS) is 25.2. The molecule has 1 aliphatic heterocycles. The van der Waals surface area contributed by atoms with Crippen LogP contribution in [0.25, 0.3) is 0 Å². The molecule has 1 aliphatic rings. The van der Waals surface area contributed by atoms with E-state index in [0.717, 1.165) is 25.9 Å². The quantitative estimate of drug-likeness (QED) is 0.691. The van der Waals surface area contributed by atoms with Crippen molar-refractivity contribution < 1.29 is 8.78 Å². The molecule has 2 nitrogen and oxygen atoms in total. The van der Waals surface area contributed by atoms with E-state index < -0.39 is 6.43 Å². The van der Waals surface area contributed by atoms with Crippen molar-refractivity contribution in [3.63, 3.8) is 0 Å². The van der Waals surface area contributed by atoms with Crippen molar-refractivity contribution in [3.8, 4) is 0 Å². The maximum absolute atomic E-state index is 12.0. The molecular weight excluding hydrogens is 162 g/mol.